The summed E-state index contributed by atoms with van der Waals surface area (Å²) < 4.78 is 0. The van der Waals surface area contributed by atoms with E-state index in [9.17, 15) is 14.9 Å². The zero-order valence-corrected chi connectivity index (χ0v) is 11.2. The molecule has 0 aliphatic carbocycles. The zero-order chi connectivity index (χ0) is 14.7. The van der Waals surface area contributed by atoms with Crippen LogP contribution in [0, 0.1) is 10.1 Å². The molecule has 0 spiro atoms. The van der Waals surface area contributed by atoms with Crippen LogP contribution in [0.5, 0.6) is 0 Å². The minimum atomic E-state index is -1.20. The number of carboxylic acid groups (broad SMARTS) is 1. The molecule has 20 heavy (non-hydrogen) atoms. The molecule has 0 aliphatic rings. The quantitative estimate of drug-likeness (QED) is 0.661. The molecule has 0 amide bonds. The van der Waals surface area contributed by atoms with Crippen molar-refractivity contribution < 1.29 is 14.8 Å². The highest BCUT2D eigenvalue weighted by Crippen LogP contribution is 2.37. The summed E-state index contributed by atoms with van der Waals surface area (Å²) in [7, 11) is 1.57. The molecular weight excluding hydrogens is 284 g/mol. The maximum absolute atomic E-state index is 11.1. The lowest BCUT2D eigenvalue weighted by Crippen LogP contribution is -2.20. The van der Waals surface area contributed by atoms with E-state index in [0.717, 1.165) is 11.3 Å². The molecule has 2 heterocycles. The lowest BCUT2D eigenvalue weighted by molar-refractivity contribution is -0.383. The van der Waals surface area contributed by atoms with E-state index in [4.69, 9.17) is 5.11 Å². The summed E-state index contributed by atoms with van der Waals surface area (Å²) >= 11 is 0.828. The van der Waals surface area contributed by atoms with Gasteiger partial charge in [-0.05, 0) is 6.07 Å². The molecule has 0 radical (unpaired) electrons. The Kier molecular flexibility index (Phi) is 3.89. The molecule has 0 atom stereocenters. The first-order valence-electron chi connectivity index (χ1n) is 5.47. The number of carbonyl (C=O) groups is 1. The minimum Gasteiger partial charge on any atom is -0.477 e. The highest BCUT2D eigenvalue weighted by atomic mass is 32.1. The predicted octanol–water partition coefficient (Wildman–Crippen LogP) is 1.78. The van der Waals surface area contributed by atoms with Crippen LogP contribution in [0.15, 0.2) is 23.8 Å². The van der Waals surface area contributed by atoms with Gasteiger partial charge in [-0.3, -0.25) is 10.1 Å². The number of nitrogens with zero attached hydrogens (tertiary/aromatic N) is 4. The van der Waals surface area contributed by atoms with Gasteiger partial charge in [0.1, 0.15) is 16.4 Å². The normalized spacial score (nSPS) is 10.2. The van der Waals surface area contributed by atoms with E-state index in [0.29, 0.717) is 5.82 Å². The summed E-state index contributed by atoms with van der Waals surface area (Å²) in [5.74, 6) is -0.745. The van der Waals surface area contributed by atoms with Crippen molar-refractivity contribution in [1.29, 1.82) is 0 Å². The van der Waals surface area contributed by atoms with E-state index < -0.39 is 10.9 Å². The fourth-order valence-corrected chi connectivity index (χ4v) is 2.60. The second-order valence-corrected chi connectivity index (χ2v) is 4.76. The van der Waals surface area contributed by atoms with Crippen LogP contribution in [0.25, 0.3) is 0 Å². The molecular formula is C11H10N4O4S. The summed E-state index contributed by atoms with van der Waals surface area (Å²) in [6.45, 7) is 0.179. The van der Waals surface area contributed by atoms with Gasteiger partial charge in [0.2, 0.25) is 0 Å². The molecule has 1 N–H and O–H groups in total. The van der Waals surface area contributed by atoms with Gasteiger partial charge >= 0.3 is 11.7 Å². The van der Waals surface area contributed by atoms with E-state index in [2.05, 4.69) is 9.97 Å². The SMILES string of the molecule is CN(Cc1ncccn1)c1c([N+](=O)[O-])csc1C(=O)O. The molecule has 0 saturated carbocycles. The first-order chi connectivity index (χ1) is 9.50. The third kappa shape index (κ3) is 2.72. The summed E-state index contributed by atoms with van der Waals surface area (Å²) in [4.78, 5) is 30.9. The molecule has 9 heteroatoms. The van der Waals surface area contributed by atoms with Crippen molar-refractivity contribution in [3.8, 4) is 0 Å². The topological polar surface area (TPSA) is 109 Å². The van der Waals surface area contributed by atoms with Crippen LogP contribution in [-0.4, -0.2) is 33.0 Å². The summed E-state index contributed by atoms with van der Waals surface area (Å²) in [5.41, 5.74) is -0.161. The van der Waals surface area contributed by atoms with Crippen LogP contribution in [0.4, 0.5) is 11.4 Å². The summed E-state index contributed by atoms with van der Waals surface area (Å²) in [6.07, 6.45) is 3.10. The second-order valence-electron chi connectivity index (χ2n) is 3.88. The summed E-state index contributed by atoms with van der Waals surface area (Å²) in [5, 5.41) is 21.3. The lowest BCUT2D eigenvalue weighted by Gasteiger charge is -2.17. The van der Waals surface area contributed by atoms with E-state index in [1.165, 1.54) is 10.3 Å². The van der Waals surface area contributed by atoms with Crippen molar-refractivity contribution in [3.63, 3.8) is 0 Å². The molecule has 0 bridgehead atoms. The van der Waals surface area contributed by atoms with E-state index in [-0.39, 0.29) is 22.8 Å². The van der Waals surface area contributed by atoms with Crippen molar-refractivity contribution in [2.75, 3.05) is 11.9 Å². The van der Waals surface area contributed by atoms with Gasteiger partial charge in [0, 0.05) is 19.4 Å². The van der Waals surface area contributed by atoms with Crippen molar-refractivity contribution in [2.24, 2.45) is 0 Å². The molecule has 0 aromatic carbocycles. The fraction of sp³-hybridized carbons (Fsp3) is 0.182. The Labute approximate surface area is 117 Å². The number of nitro groups is 1. The monoisotopic (exact) mass is 294 g/mol. The molecule has 0 aliphatic heterocycles. The number of anilines is 1. The molecule has 0 fully saturated rings. The van der Waals surface area contributed by atoms with E-state index in [1.54, 1.807) is 25.5 Å². The van der Waals surface area contributed by atoms with Crippen LogP contribution >= 0.6 is 11.3 Å². The Bertz CT molecular complexity index is 612. The third-order valence-electron chi connectivity index (χ3n) is 2.52. The number of carboxylic acids is 1. The first kappa shape index (κ1) is 13.9. The van der Waals surface area contributed by atoms with Crippen LogP contribution in [0.3, 0.4) is 0 Å². The van der Waals surface area contributed by atoms with Gasteiger partial charge in [-0.25, -0.2) is 14.8 Å². The number of rotatable bonds is 5. The standard InChI is InChI=1S/C11H10N4O4S/c1-14(5-8-12-3-2-4-13-8)9-7(15(18)19)6-20-10(9)11(16)17/h2-4,6H,5H2,1H3,(H,16,17). The van der Waals surface area contributed by atoms with Crippen molar-refractivity contribution in [2.45, 2.75) is 6.54 Å². The molecule has 2 rings (SSSR count). The maximum Gasteiger partial charge on any atom is 0.348 e. The van der Waals surface area contributed by atoms with Crippen molar-refractivity contribution in [1.82, 2.24) is 9.97 Å². The lowest BCUT2D eigenvalue weighted by atomic mass is 10.3. The highest BCUT2D eigenvalue weighted by Gasteiger charge is 2.28. The Balaban J connectivity index is 2.37. The third-order valence-corrected chi connectivity index (χ3v) is 3.46. The van der Waals surface area contributed by atoms with Crippen LogP contribution in [-0.2, 0) is 6.54 Å². The van der Waals surface area contributed by atoms with Gasteiger partial charge in [0.05, 0.1) is 16.8 Å². The zero-order valence-electron chi connectivity index (χ0n) is 10.4. The predicted molar refractivity (Wildman–Crippen MR) is 72.1 cm³/mol. The maximum atomic E-state index is 11.1. The van der Waals surface area contributed by atoms with E-state index >= 15 is 0 Å². The molecule has 2 aromatic rings. The van der Waals surface area contributed by atoms with Gasteiger partial charge in [-0.2, -0.15) is 0 Å². The Morgan fingerprint density at radius 3 is 2.70 bits per heavy atom. The Hall–Kier alpha value is -2.55. The molecule has 8 nitrogen and oxygen atoms in total. The van der Waals surface area contributed by atoms with Gasteiger partial charge < -0.3 is 10.0 Å². The molecule has 2 aromatic heterocycles. The minimum absolute atomic E-state index is 0.0694. The van der Waals surface area contributed by atoms with Gasteiger partial charge in [0.25, 0.3) is 0 Å². The van der Waals surface area contributed by atoms with Crippen LogP contribution < -0.4 is 4.90 Å². The fourth-order valence-electron chi connectivity index (χ4n) is 1.70. The van der Waals surface area contributed by atoms with Crippen molar-refractivity contribution in [3.05, 3.63) is 44.7 Å². The van der Waals surface area contributed by atoms with Crippen molar-refractivity contribution >= 4 is 28.7 Å². The largest absolute Gasteiger partial charge is 0.477 e. The Morgan fingerprint density at radius 2 is 2.15 bits per heavy atom. The van der Waals surface area contributed by atoms with Gasteiger partial charge in [-0.15, -0.1) is 11.3 Å². The average molecular weight is 294 g/mol. The number of aromatic carboxylic acids is 1. The number of hydrogen-bond donors (Lipinski definition) is 1. The average Bonchev–Trinajstić information content (AvgIpc) is 2.84. The Morgan fingerprint density at radius 1 is 1.50 bits per heavy atom. The van der Waals surface area contributed by atoms with Gasteiger partial charge in [0.15, 0.2) is 0 Å². The molecule has 0 unspecified atom stereocenters. The van der Waals surface area contributed by atoms with Crippen LogP contribution in [0.2, 0.25) is 0 Å². The molecule has 0 saturated heterocycles. The summed E-state index contributed by atoms with van der Waals surface area (Å²) in [6, 6.07) is 1.65. The van der Waals surface area contributed by atoms with Crippen LogP contribution in [0.1, 0.15) is 15.5 Å². The number of hydrogen-bond acceptors (Lipinski definition) is 7. The number of aromatic nitrogens is 2. The van der Waals surface area contributed by atoms with E-state index in [1.807, 2.05) is 0 Å². The number of thiophene rings is 1. The first-order valence-corrected chi connectivity index (χ1v) is 6.35. The van der Waals surface area contributed by atoms with Gasteiger partial charge in [-0.1, -0.05) is 0 Å². The molecule has 104 valence electrons. The highest BCUT2D eigenvalue weighted by molar-refractivity contribution is 7.13. The second kappa shape index (κ2) is 5.61. The smallest absolute Gasteiger partial charge is 0.348 e.